The first-order valence-electron chi connectivity index (χ1n) is 6.62. The molecule has 0 amide bonds. The van der Waals surface area contributed by atoms with Crippen molar-refractivity contribution in [1.82, 2.24) is 0 Å². The first kappa shape index (κ1) is 11.7. The van der Waals surface area contributed by atoms with E-state index < -0.39 is 0 Å². The molecule has 2 heterocycles. The molecule has 0 spiro atoms. The molecule has 0 aliphatic carbocycles. The fourth-order valence-electron chi connectivity index (χ4n) is 2.81. The summed E-state index contributed by atoms with van der Waals surface area (Å²) < 4.78 is 11.4. The average molecular weight is 246 g/mol. The van der Waals surface area contributed by atoms with Crippen molar-refractivity contribution < 1.29 is 14.3 Å². The maximum atomic E-state index is 12.2. The summed E-state index contributed by atoms with van der Waals surface area (Å²) in [5.74, 6) is 1.43. The van der Waals surface area contributed by atoms with Crippen LogP contribution in [0.1, 0.15) is 35.2 Å². The molecule has 1 aromatic rings. The van der Waals surface area contributed by atoms with Crippen LogP contribution < -0.4 is 4.74 Å². The van der Waals surface area contributed by atoms with E-state index in [2.05, 4.69) is 0 Å². The van der Waals surface area contributed by atoms with Crippen molar-refractivity contribution >= 4 is 5.78 Å². The molecule has 0 aromatic heterocycles. The molecule has 1 aromatic carbocycles. The monoisotopic (exact) mass is 246 g/mol. The molecule has 0 saturated carbocycles. The number of carbonyl (C=O) groups is 1. The lowest BCUT2D eigenvalue weighted by molar-refractivity contribution is 0.0120. The van der Waals surface area contributed by atoms with Gasteiger partial charge in [0.1, 0.15) is 11.9 Å². The van der Waals surface area contributed by atoms with E-state index in [9.17, 15) is 4.79 Å². The van der Waals surface area contributed by atoms with E-state index >= 15 is 0 Å². The summed E-state index contributed by atoms with van der Waals surface area (Å²) in [5.41, 5.74) is 1.86. The number of ketones is 1. The molecular formula is C15H18O3. The van der Waals surface area contributed by atoms with Crippen molar-refractivity contribution in [2.24, 2.45) is 5.92 Å². The van der Waals surface area contributed by atoms with Crippen molar-refractivity contribution in [3.63, 3.8) is 0 Å². The molecular weight excluding hydrogens is 228 g/mol. The minimum Gasteiger partial charge on any atom is -0.489 e. The Morgan fingerprint density at radius 3 is 2.78 bits per heavy atom. The summed E-state index contributed by atoms with van der Waals surface area (Å²) >= 11 is 0. The number of Topliss-reactive ketones (excluding diaryl/α,β-unsaturated/α-hetero) is 1. The molecule has 3 heteroatoms. The third-order valence-electron chi connectivity index (χ3n) is 3.89. The molecule has 96 valence electrons. The maximum absolute atomic E-state index is 12.2. The van der Waals surface area contributed by atoms with Gasteiger partial charge < -0.3 is 9.47 Å². The van der Waals surface area contributed by atoms with Crippen molar-refractivity contribution in [2.75, 3.05) is 13.2 Å². The Morgan fingerprint density at radius 2 is 2.00 bits per heavy atom. The van der Waals surface area contributed by atoms with E-state index in [-0.39, 0.29) is 11.9 Å². The molecule has 2 aliphatic heterocycles. The number of hydrogen-bond acceptors (Lipinski definition) is 3. The second-order valence-corrected chi connectivity index (χ2v) is 5.23. The third kappa shape index (κ3) is 2.15. The molecule has 0 bridgehead atoms. The van der Waals surface area contributed by atoms with Gasteiger partial charge in [0, 0.05) is 25.6 Å². The van der Waals surface area contributed by atoms with Crippen LogP contribution in [0, 0.1) is 12.8 Å². The van der Waals surface area contributed by atoms with Crippen LogP contribution in [-0.4, -0.2) is 25.1 Å². The molecule has 18 heavy (non-hydrogen) atoms. The van der Waals surface area contributed by atoms with Gasteiger partial charge in [-0.3, -0.25) is 4.79 Å². The van der Waals surface area contributed by atoms with Crippen molar-refractivity contribution in [2.45, 2.75) is 32.3 Å². The summed E-state index contributed by atoms with van der Waals surface area (Å²) in [5, 5.41) is 0. The minimum absolute atomic E-state index is 0.0385. The van der Waals surface area contributed by atoms with E-state index in [1.165, 1.54) is 0 Å². The molecule has 1 unspecified atom stereocenters. The fraction of sp³-hybridized carbons (Fsp3) is 0.533. The summed E-state index contributed by atoms with van der Waals surface area (Å²) in [6, 6.07) is 5.85. The largest absolute Gasteiger partial charge is 0.489 e. The van der Waals surface area contributed by atoms with Gasteiger partial charge in [-0.05, 0) is 31.9 Å². The number of benzene rings is 1. The lowest BCUT2D eigenvalue weighted by Gasteiger charge is -2.33. The van der Waals surface area contributed by atoms with Gasteiger partial charge in [0.2, 0.25) is 0 Å². The van der Waals surface area contributed by atoms with Crippen molar-refractivity contribution in [3.05, 3.63) is 29.3 Å². The number of fused-ring (bicyclic) bond motifs is 1. The topological polar surface area (TPSA) is 35.5 Å². The number of rotatable bonds is 1. The second-order valence-electron chi connectivity index (χ2n) is 5.23. The predicted molar refractivity (Wildman–Crippen MR) is 68.1 cm³/mol. The SMILES string of the molecule is Cc1ccc2c(c1)C(=O)CC(C1CCOCC1)O2. The Morgan fingerprint density at radius 1 is 1.22 bits per heavy atom. The van der Waals surface area contributed by atoms with Gasteiger partial charge in [0.05, 0.1) is 5.56 Å². The molecule has 0 radical (unpaired) electrons. The summed E-state index contributed by atoms with van der Waals surface area (Å²) in [4.78, 5) is 12.2. The molecule has 1 fully saturated rings. The lowest BCUT2D eigenvalue weighted by atomic mass is 9.87. The first-order valence-corrected chi connectivity index (χ1v) is 6.62. The standard InChI is InChI=1S/C15H18O3/c1-10-2-3-14-12(8-10)13(16)9-15(18-14)11-4-6-17-7-5-11/h2-3,8,11,15H,4-7,9H2,1H3. The van der Waals surface area contributed by atoms with Gasteiger partial charge in [0.15, 0.2) is 5.78 Å². The Hall–Kier alpha value is -1.35. The smallest absolute Gasteiger partial charge is 0.170 e. The van der Waals surface area contributed by atoms with Crippen molar-refractivity contribution in [3.8, 4) is 5.75 Å². The lowest BCUT2D eigenvalue weighted by Crippen LogP contribution is -2.36. The van der Waals surface area contributed by atoms with E-state index in [0.29, 0.717) is 12.3 Å². The third-order valence-corrected chi connectivity index (χ3v) is 3.89. The highest BCUT2D eigenvalue weighted by Crippen LogP contribution is 2.33. The average Bonchev–Trinajstić information content (AvgIpc) is 2.40. The normalized spacial score (nSPS) is 24.5. The quantitative estimate of drug-likeness (QED) is 0.764. The van der Waals surface area contributed by atoms with Crippen LogP contribution in [0.25, 0.3) is 0 Å². The van der Waals surface area contributed by atoms with Crippen LogP contribution >= 0.6 is 0 Å². The maximum Gasteiger partial charge on any atom is 0.170 e. The van der Waals surface area contributed by atoms with Gasteiger partial charge in [-0.25, -0.2) is 0 Å². The van der Waals surface area contributed by atoms with Crippen LogP contribution in [-0.2, 0) is 4.74 Å². The van der Waals surface area contributed by atoms with E-state index in [4.69, 9.17) is 9.47 Å². The Balaban J connectivity index is 1.82. The summed E-state index contributed by atoms with van der Waals surface area (Å²) in [7, 11) is 0. The highest BCUT2D eigenvalue weighted by atomic mass is 16.5. The number of hydrogen-bond donors (Lipinski definition) is 0. The molecule has 3 rings (SSSR count). The molecule has 3 nitrogen and oxygen atoms in total. The van der Waals surface area contributed by atoms with Gasteiger partial charge in [-0.15, -0.1) is 0 Å². The predicted octanol–water partition coefficient (Wildman–Crippen LogP) is 2.76. The Kier molecular flexibility index (Phi) is 3.08. The zero-order valence-electron chi connectivity index (χ0n) is 10.6. The van der Waals surface area contributed by atoms with Crippen LogP contribution in [0.3, 0.4) is 0 Å². The number of ether oxygens (including phenoxy) is 2. The van der Waals surface area contributed by atoms with Gasteiger partial charge >= 0.3 is 0 Å². The number of aryl methyl sites for hydroxylation is 1. The molecule has 2 aliphatic rings. The van der Waals surface area contributed by atoms with Crippen molar-refractivity contribution in [1.29, 1.82) is 0 Å². The highest BCUT2D eigenvalue weighted by molar-refractivity contribution is 6.00. The minimum atomic E-state index is 0.0385. The van der Waals surface area contributed by atoms with E-state index in [1.807, 2.05) is 25.1 Å². The van der Waals surface area contributed by atoms with Crippen LogP contribution in [0.2, 0.25) is 0 Å². The van der Waals surface area contributed by atoms with Crippen LogP contribution in [0.4, 0.5) is 0 Å². The Labute approximate surface area is 107 Å². The molecule has 1 saturated heterocycles. The molecule has 1 atom stereocenters. The van der Waals surface area contributed by atoms with Gasteiger partial charge in [0.25, 0.3) is 0 Å². The number of carbonyl (C=O) groups excluding carboxylic acids is 1. The van der Waals surface area contributed by atoms with Crippen LogP contribution in [0.5, 0.6) is 5.75 Å². The summed E-state index contributed by atoms with van der Waals surface area (Å²) in [6.45, 7) is 3.58. The zero-order valence-corrected chi connectivity index (χ0v) is 10.6. The zero-order chi connectivity index (χ0) is 12.5. The van der Waals surface area contributed by atoms with Gasteiger partial charge in [-0.1, -0.05) is 11.6 Å². The first-order chi connectivity index (χ1) is 8.74. The fourth-order valence-corrected chi connectivity index (χ4v) is 2.81. The highest BCUT2D eigenvalue weighted by Gasteiger charge is 2.33. The second kappa shape index (κ2) is 4.73. The van der Waals surface area contributed by atoms with E-state index in [1.54, 1.807) is 0 Å². The molecule has 0 N–H and O–H groups in total. The van der Waals surface area contributed by atoms with E-state index in [0.717, 1.165) is 42.9 Å². The summed E-state index contributed by atoms with van der Waals surface area (Å²) in [6.07, 6.45) is 2.55. The van der Waals surface area contributed by atoms with Crippen LogP contribution in [0.15, 0.2) is 18.2 Å². The Bertz CT molecular complexity index is 461. The van der Waals surface area contributed by atoms with Gasteiger partial charge in [-0.2, -0.15) is 0 Å².